The number of likely N-dealkylation sites (tertiary alicyclic amines) is 1. The smallest absolute Gasteiger partial charge is 0.235 e. The molecule has 0 spiro atoms. The van der Waals surface area contributed by atoms with Crippen LogP contribution >= 0.6 is 11.3 Å². The normalized spacial score (nSPS) is 21.7. The molecule has 7 heteroatoms. The number of nitrogens with zero attached hydrogens (tertiary/aromatic N) is 3. The number of carbonyl (C=O) groups is 3. The van der Waals surface area contributed by atoms with Gasteiger partial charge in [0.2, 0.25) is 17.7 Å². The van der Waals surface area contributed by atoms with E-state index in [2.05, 4.69) is 4.98 Å². The number of para-hydroxylation sites is 1. The van der Waals surface area contributed by atoms with Gasteiger partial charge < -0.3 is 0 Å². The zero-order valence-electron chi connectivity index (χ0n) is 15.8. The molecular formula is C21H23N3O3S. The number of benzene rings is 1. The number of rotatable bonds is 5. The number of hydrogen-bond donors (Lipinski definition) is 0. The van der Waals surface area contributed by atoms with Crippen molar-refractivity contribution in [3.63, 3.8) is 0 Å². The Balaban J connectivity index is 1.51. The molecule has 1 aromatic carbocycles. The van der Waals surface area contributed by atoms with Gasteiger partial charge in [0.25, 0.3) is 0 Å². The van der Waals surface area contributed by atoms with Crippen molar-refractivity contribution in [3.8, 4) is 0 Å². The first kappa shape index (κ1) is 18.8. The Morgan fingerprint density at radius 1 is 1.14 bits per heavy atom. The molecule has 0 N–H and O–H groups in total. The first-order valence-corrected chi connectivity index (χ1v) is 10.6. The highest BCUT2D eigenvalue weighted by atomic mass is 32.1. The minimum atomic E-state index is -0.178. The third-order valence-electron chi connectivity index (χ3n) is 5.54. The Bertz CT molecular complexity index is 871. The van der Waals surface area contributed by atoms with E-state index < -0.39 is 0 Å². The highest BCUT2D eigenvalue weighted by Crippen LogP contribution is 2.38. The van der Waals surface area contributed by atoms with E-state index in [9.17, 15) is 14.4 Å². The van der Waals surface area contributed by atoms with E-state index >= 15 is 0 Å². The second-order valence-corrected chi connectivity index (χ2v) is 8.25. The summed E-state index contributed by atoms with van der Waals surface area (Å²) >= 11 is 1.40. The number of imide groups is 1. The Hall–Kier alpha value is -2.54. The molecule has 146 valence electrons. The number of fused-ring (bicyclic) bond motifs is 1. The van der Waals surface area contributed by atoms with Crippen LogP contribution in [0, 0.1) is 18.8 Å². The van der Waals surface area contributed by atoms with Crippen LogP contribution in [0.25, 0.3) is 0 Å². The predicted molar refractivity (Wildman–Crippen MR) is 107 cm³/mol. The van der Waals surface area contributed by atoms with Crippen LogP contribution in [0.5, 0.6) is 0 Å². The van der Waals surface area contributed by atoms with Gasteiger partial charge >= 0.3 is 0 Å². The lowest BCUT2D eigenvalue weighted by Crippen LogP contribution is -2.36. The van der Waals surface area contributed by atoms with Crippen LogP contribution in [0.1, 0.15) is 37.8 Å². The number of amides is 3. The molecule has 28 heavy (non-hydrogen) atoms. The molecule has 1 saturated heterocycles. The molecule has 1 aliphatic heterocycles. The van der Waals surface area contributed by atoms with Gasteiger partial charge in [0.1, 0.15) is 0 Å². The van der Waals surface area contributed by atoms with Crippen molar-refractivity contribution in [3.05, 3.63) is 41.4 Å². The highest BCUT2D eigenvalue weighted by molar-refractivity contribution is 7.14. The lowest BCUT2D eigenvalue weighted by Gasteiger charge is -2.21. The summed E-state index contributed by atoms with van der Waals surface area (Å²) in [6, 6.07) is 9.34. The molecule has 1 aliphatic carbocycles. The number of hydrogen-bond acceptors (Lipinski definition) is 5. The monoisotopic (exact) mass is 397 g/mol. The van der Waals surface area contributed by atoms with Crippen LogP contribution in [-0.2, 0) is 14.4 Å². The summed E-state index contributed by atoms with van der Waals surface area (Å²) < 4.78 is 0. The van der Waals surface area contributed by atoms with E-state index in [1.807, 2.05) is 42.6 Å². The van der Waals surface area contributed by atoms with Crippen LogP contribution in [0.4, 0.5) is 10.8 Å². The topological polar surface area (TPSA) is 70.6 Å². The summed E-state index contributed by atoms with van der Waals surface area (Å²) in [6.07, 6.45) is 3.66. The van der Waals surface area contributed by atoms with Gasteiger partial charge in [-0.3, -0.25) is 24.2 Å². The molecule has 3 amide bonds. The van der Waals surface area contributed by atoms with Gasteiger partial charge in [-0.05, 0) is 31.9 Å². The summed E-state index contributed by atoms with van der Waals surface area (Å²) in [6.45, 7) is 2.02. The molecule has 4 rings (SSSR count). The summed E-state index contributed by atoms with van der Waals surface area (Å²) in [5.41, 5.74) is 1.58. The minimum absolute atomic E-state index is 0.0877. The fraction of sp³-hybridized carbons (Fsp3) is 0.429. The molecule has 6 nitrogen and oxygen atoms in total. The summed E-state index contributed by atoms with van der Waals surface area (Å²) in [7, 11) is 0. The second kappa shape index (κ2) is 7.83. The van der Waals surface area contributed by atoms with Crippen molar-refractivity contribution < 1.29 is 14.4 Å². The molecular weight excluding hydrogens is 374 g/mol. The number of aryl methyl sites for hydroxylation is 1. The van der Waals surface area contributed by atoms with Crippen LogP contribution in [-0.4, -0.2) is 34.2 Å². The number of anilines is 2. The second-order valence-electron chi connectivity index (χ2n) is 7.41. The molecule has 2 fully saturated rings. The zero-order chi connectivity index (χ0) is 19.7. The Morgan fingerprint density at radius 3 is 2.36 bits per heavy atom. The SMILES string of the molecule is Cc1csc(N(C(=O)CCN2C(=O)[C@H]3CCCC[C@@H]3C2=O)c2ccccc2)n1. The summed E-state index contributed by atoms with van der Waals surface area (Å²) in [4.78, 5) is 45.7. The van der Waals surface area contributed by atoms with Crippen molar-refractivity contribution >= 4 is 39.9 Å². The third kappa shape index (κ3) is 3.46. The lowest BCUT2D eigenvalue weighted by molar-refractivity contribution is -0.140. The molecule has 2 atom stereocenters. The fourth-order valence-electron chi connectivity index (χ4n) is 4.15. The number of carbonyl (C=O) groups excluding carboxylic acids is 3. The zero-order valence-corrected chi connectivity index (χ0v) is 16.7. The minimum Gasteiger partial charge on any atom is -0.282 e. The first-order chi connectivity index (χ1) is 13.6. The Labute approximate surface area is 168 Å². The van der Waals surface area contributed by atoms with Crippen molar-refractivity contribution in [1.29, 1.82) is 0 Å². The number of thiazole rings is 1. The van der Waals surface area contributed by atoms with E-state index in [1.165, 1.54) is 16.2 Å². The van der Waals surface area contributed by atoms with Gasteiger partial charge in [-0.15, -0.1) is 11.3 Å². The summed E-state index contributed by atoms with van der Waals surface area (Å²) in [5.74, 6) is -0.722. The van der Waals surface area contributed by atoms with Crippen LogP contribution in [0.2, 0.25) is 0 Å². The van der Waals surface area contributed by atoms with E-state index in [4.69, 9.17) is 0 Å². The number of aromatic nitrogens is 1. The van der Waals surface area contributed by atoms with Gasteiger partial charge in [-0.1, -0.05) is 31.0 Å². The molecule has 0 radical (unpaired) electrons. The molecule has 2 aliphatic rings. The molecule has 0 unspecified atom stereocenters. The Kier molecular flexibility index (Phi) is 5.26. The average Bonchev–Trinajstić information content (AvgIpc) is 3.23. The van der Waals surface area contributed by atoms with E-state index in [0.29, 0.717) is 5.13 Å². The van der Waals surface area contributed by atoms with Gasteiger partial charge in [0.15, 0.2) is 5.13 Å². The van der Waals surface area contributed by atoms with Gasteiger partial charge in [0, 0.05) is 18.3 Å². The largest absolute Gasteiger partial charge is 0.282 e. The lowest BCUT2D eigenvalue weighted by atomic mass is 9.81. The van der Waals surface area contributed by atoms with Crippen molar-refractivity contribution in [2.24, 2.45) is 11.8 Å². The molecule has 0 bridgehead atoms. The maximum Gasteiger partial charge on any atom is 0.235 e. The van der Waals surface area contributed by atoms with Crippen LogP contribution < -0.4 is 4.90 Å². The third-order valence-corrected chi connectivity index (χ3v) is 6.49. The van der Waals surface area contributed by atoms with E-state index in [0.717, 1.165) is 37.1 Å². The standard InChI is InChI=1S/C21H23N3O3S/c1-14-13-28-21(22-14)24(15-7-3-2-4-8-15)18(25)11-12-23-19(26)16-9-5-6-10-17(16)20(23)27/h2-4,7-8,13,16-17H,5-6,9-12H2,1H3/t16-,17-/m0/s1. The van der Waals surface area contributed by atoms with Crippen LogP contribution in [0.3, 0.4) is 0 Å². The van der Waals surface area contributed by atoms with Crippen LogP contribution in [0.15, 0.2) is 35.7 Å². The maximum atomic E-state index is 13.1. The molecule has 1 aromatic heterocycles. The fourth-order valence-corrected chi connectivity index (χ4v) is 4.99. The van der Waals surface area contributed by atoms with E-state index in [1.54, 1.807) is 4.90 Å². The highest BCUT2D eigenvalue weighted by Gasteiger charge is 2.47. The summed E-state index contributed by atoms with van der Waals surface area (Å²) in [5, 5.41) is 2.50. The quantitative estimate of drug-likeness (QED) is 0.722. The molecule has 2 aromatic rings. The van der Waals surface area contributed by atoms with Crippen molar-refractivity contribution in [1.82, 2.24) is 9.88 Å². The van der Waals surface area contributed by atoms with E-state index in [-0.39, 0.29) is 42.5 Å². The molecule has 2 heterocycles. The van der Waals surface area contributed by atoms with Crippen molar-refractivity contribution in [2.75, 3.05) is 11.4 Å². The maximum absolute atomic E-state index is 13.1. The first-order valence-electron chi connectivity index (χ1n) is 9.71. The molecule has 1 saturated carbocycles. The van der Waals surface area contributed by atoms with Crippen molar-refractivity contribution in [2.45, 2.75) is 39.0 Å². The Morgan fingerprint density at radius 2 is 1.79 bits per heavy atom. The van der Waals surface area contributed by atoms with Gasteiger partial charge in [-0.25, -0.2) is 4.98 Å². The predicted octanol–water partition coefficient (Wildman–Crippen LogP) is 3.68. The average molecular weight is 398 g/mol. The van der Waals surface area contributed by atoms with Gasteiger partial charge in [-0.2, -0.15) is 0 Å². The van der Waals surface area contributed by atoms with Gasteiger partial charge in [0.05, 0.1) is 23.2 Å².